The molecule has 1 N–H and O–H groups in total. The Morgan fingerprint density at radius 1 is 1.37 bits per heavy atom. The normalized spacial score (nSPS) is 16.7. The predicted molar refractivity (Wildman–Crippen MR) is 94.1 cm³/mol. The molecule has 148 valence electrons. The summed E-state index contributed by atoms with van der Waals surface area (Å²) in [7, 11) is 0. The van der Waals surface area contributed by atoms with Gasteiger partial charge in [0.15, 0.2) is 11.5 Å². The first-order valence-corrected chi connectivity index (χ1v) is 8.97. The van der Waals surface area contributed by atoms with Gasteiger partial charge in [-0.15, -0.1) is 0 Å². The minimum atomic E-state index is -2.96. The first-order valence-electron chi connectivity index (χ1n) is 8.97. The van der Waals surface area contributed by atoms with E-state index in [4.69, 9.17) is 9.84 Å². The molecule has 1 aromatic rings. The highest BCUT2D eigenvalue weighted by Gasteiger charge is 2.37. The maximum absolute atomic E-state index is 12.6. The molecular formula is C19H24F2N2O4. The van der Waals surface area contributed by atoms with Crippen molar-refractivity contribution in [1.29, 1.82) is 5.26 Å². The van der Waals surface area contributed by atoms with Gasteiger partial charge >= 0.3 is 12.6 Å². The van der Waals surface area contributed by atoms with Gasteiger partial charge in [0.1, 0.15) is 0 Å². The third kappa shape index (κ3) is 5.54. The van der Waals surface area contributed by atoms with Crippen molar-refractivity contribution >= 4 is 5.97 Å². The number of hydrogen-bond donors (Lipinski definition) is 1. The van der Waals surface area contributed by atoms with Gasteiger partial charge in [-0.25, -0.2) is 0 Å². The summed E-state index contributed by atoms with van der Waals surface area (Å²) < 4.78 is 35.4. The second kappa shape index (κ2) is 9.51. The van der Waals surface area contributed by atoms with E-state index in [1.165, 1.54) is 6.07 Å². The second-order valence-electron chi connectivity index (χ2n) is 6.61. The molecule has 0 bridgehead atoms. The maximum Gasteiger partial charge on any atom is 0.387 e. The number of alkyl halides is 2. The number of aliphatic carboxylic acids is 1. The fourth-order valence-corrected chi connectivity index (χ4v) is 3.19. The van der Waals surface area contributed by atoms with Crippen LogP contribution in [-0.2, 0) is 10.2 Å². The second-order valence-corrected chi connectivity index (χ2v) is 6.61. The minimum Gasteiger partial charge on any atom is -0.490 e. The number of nitrogens with zero attached hydrogens (tertiary/aromatic N) is 2. The molecule has 0 atom stereocenters. The van der Waals surface area contributed by atoms with E-state index in [-0.39, 0.29) is 18.0 Å². The van der Waals surface area contributed by atoms with Gasteiger partial charge < -0.3 is 14.6 Å². The van der Waals surface area contributed by atoms with Crippen molar-refractivity contribution in [3.05, 3.63) is 23.8 Å². The van der Waals surface area contributed by atoms with Gasteiger partial charge in [0.05, 0.1) is 24.6 Å². The molecule has 0 aliphatic carbocycles. The van der Waals surface area contributed by atoms with Crippen molar-refractivity contribution in [3.63, 3.8) is 0 Å². The quantitative estimate of drug-likeness (QED) is 0.659. The van der Waals surface area contributed by atoms with Gasteiger partial charge in [-0.1, -0.05) is 19.4 Å². The zero-order valence-corrected chi connectivity index (χ0v) is 15.3. The molecule has 6 nitrogen and oxygen atoms in total. The van der Waals surface area contributed by atoms with E-state index in [0.717, 1.165) is 12.8 Å². The van der Waals surface area contributed by atoms with E-state index < -0.39 is 18.0 Å². The number of rotatable bonds is 9. The van der Waals surface area contributed by atoms with Gasteiger partial charge in [-0.3, -0.25) is 9.69 Å². The van der Waals surface area contributed by atoms with Crippen LogP contribution in [0.5, 0.6) is 11.5 Å². The van der Waals surface area contributed by atoms with Gasteiger partial charge in [0.2, 0.25) is 0 Å². The number of ether oxygens (including phenoxy) is 2. The van der Waals surface area contributed by atoms with Crippen LogP contribution in [0.15, 0.2) is 18.2 Å². The van der Waals surface area contributed by atoms with Crippen molar-refractivity contribution in [3.8, 4) is 17.6 Å². The first-order chi connectivity index (χ1) is 12.9. The molecule has 1 saturated heterocycles. The fraction of sp³-hybridized carbons (Fsp3) is 0.579. The van der Waals surface area contributed by atoms with E-state index in [1.54, 1.807) is 17.0 Å². The Labute approximate surface area is 157 Å². The SMILES string of the molecule is CCCCOc1cc(C2(C#N)CCN(CC(=O)O)CC2)ccc1OC(F)F. The molecule has 0 unspecified atom stereocenters. The summed E-state index contributed by atoms with van der Waals surface area (Å²) in [6, 6.07) is 6.96. The lowest BCUT2D eigenvalue weighted by molar-refractivity contribution is -0.138. The fourth-order valence-electron chi connectivity index (χ4n) is 3.19. The van der Waals surface area contributed by atoms with Crippen LogP contribution in [-0.4, -0.2) is 48.8 Å². The summed E-state index contributed by atoms with van der Waals surface area (Å²) in [6.45, 7) is 0.280. The zero-order valence-electron chi connectivity index (χ0n) is 15.3. The summed E-state index contributed by atoms with van der Waals surface area (Å²) >= 11 is 0. The molecule has 27 heavy (non-hydrogen) atoms. The highest BCUT2D eigenvalue weighted by atomic mass is 19.3. The molecule has 2 rings (SSSR count). The molecule has 1 fully saturated rings. The molecule has 8 heteroatoms. The van der Waals surface area contributed by atoms with E-state index in [1.807, 2.05) is 6.92 Å². The highest BCUT2D eigenvalue weighted by molar-refractivity contribution is 5.69. The number of carbonyl (C=O) groups is 1. The lowest BCUT2D eigenvalue weighted by Gasteiger charge is -2.37. The van der Waals surface area contributed by atoms with Gasteiger partial charge in [-0.05, 0) is 37.0 Å². The van der Waals surface area contributed by atoms with Crippen LogP contribution < -0.4 is 9.47 Å². The van der Waals surface area contributed by atoms with Crippen LogP contribution in [0.1, 0.15) is 38.2 Å². The van der Waals surface area contributed by atoms with Crippen LogP contribution >= 0.6 is 0 Å². The largest absolute Gasteiger partial charge is 0.490 e. The number of benzene rings is 1. The molecule has 1 heterocycles. The van der Waals surface area contributed by atoms with Gasteiger partial charge in [0, 0.05) is 13.1 Å². The number of carboxylic acids is 1. The average Bonchev–Trinajstić information content (AvgIpc) is 2.63. The number of nitriles is 1. The Morgan fingerprint density at radius 3 is 2.63 bits per heavy atom. The monoisotopic (exact) mass is 382 g/mol. The summed E-state index contributed by atoms with van der Waals surface area (Å²) in [6.07, 6.45) is 2.58. The first kappa shape index (κ1) is 20.9. The third-order valence-corrected chi connectivity index (χ3v) is 4.75. The Bertz CT molecular complexity index is 683. The summed E-state index contributed by atoms with van der Waals surface area (Å²) in [5.41, 5.74) is -0.130. The lowest BCUT2D eigenvalue weighted by atomic mass is 9.74. The number of halogens is 2. The molecule has 1 aliphatic heterocycles. The number of piperidine rings is 1. The summed E-state index contributed by atoms with van der Waals surface area (Å²) in [5, 5.41) is 18.7. The highest BCUT2D eigenvalue weighted by Crippen LogP contribution is 2.39. The van der Waals surface area contributed by atoms with E-state index >= 15 is 0 Å². The minimum absolute atomic E-state index is 0.0544. The molecular weight excluding hydrogens is 358 g/mol. The van der Waals surface area contributed by atoms with Gasteiger partial charge in [0.25, 0.3) is 0 Å². The van der Waals surface area contributed by atoms with Crippen LogP contribution in [0.25, 0.3) is 0 Å². The standard InChI is InChI=1S/C19H24F2N2O4/c1-2-3-10-26-16-11-14(4-5-15(16)27-18(20)21)19(13-22)6-8-23(9-7-19)12-17(24)25/h4-5,11,18H,2-3,6-10,12H2,1H3,(H,24,25). The van der Waals surface area contributed by atoms with E-state index in [2.05, 4.69) is 10.8 Å². The Morgan fingerprint density at radius 2 is 2.07 bits per heavy atom. The van der Waals surface area contributed by atoms with Crippen molar-refractivity contribution in [2.45, 2.75) is 44.6 Å². The van der Waals surface area contributed by atoms with Crippen LogP contribution in [0.4, 0.5) is 8.78 Å². The van der Waals surface area contributed by atoms with Crippen LogP contribution in [0.2, 0.25) is 0 Å². The summed E-state index contributed by atoms with van der Waals surface area (Å²) in [4.78, 5) is 12.6. The number of hydrogen-bond acceptors (Lipinski definition) is 5. The molecule has 0 amide bonds. The number of carboxylic acid groups (broad SMARTS) is 1. The lowest BCUT2D eigenvalue weighted by Crippen LogP contribution is -2.43. The molecule has 1 aliphatic rings. The van der Waals surface area contributed by atoms with Crippen molar-refractivity contribution in [1.82, 2.24) is 4.90 Å². The number of unbranched alkanes of at least 4 members (excludes halogenated alkanes) is 1. The third-order valence-electron chi connectivity index (χ3n) is 4.75. The molecule has 0 aromatic heterocycles. The Balaban J connectivity index is 2.23. The zero-order chi connectivity index (χ0) is 19.9. The molecule has 0 saturated carbocycles. The van der Waals surface area contributed by atoms with Crippen molar-refractivity contribution in [2.24, 2.45) is 0 Å². The van der Waals surface area contributed by atoms with Crippen LogP contribution in [0.3, 0.4) is 0 Å². The van der Waals surface area contributed by atoms with Crippen LogP contribution in [0, 0.1) is 11.3 Å². The average molecular weight is 382 g/mol. The van der Waals surface area contributed by atoms with Crippen molar-refractivity contribution in [2.75, 3.05) is 26.2 Å². The number of likely N-dealkylation sites (tertiary alicyclic amines) is 1. The Kier molecular flexibility index (Phi) is 7.36. The summed E-state index contributed by atoms with van der Waals surface area (Å²) in [5.74, 6) is -0.760. The Hall–Kier alpha value is -2.40. The molecule has 0 radical (unpaired) electrons. The molecule has 0 spiro atoms. The maximum atomic E-state index is 12.6. The topological polar surface area (TPSA) is 82.8 Å². The smallest absolute Gasteiger partial charge is 0.387 e. The van der Waals surface area contributed by atoms with E-state index in [9.17, 15) is 18.8 Å². The van der Waals surface area contributed by atoms with Crippen molar-refractivity contribution < 1.29 is 28.2 Å². The van der Waals surface area contributed by atoms with Gasteiger partial charge in [-0.2, -0.15) is 14.0 Å². The molecule has 1 aromatic carbocycles. The predicted octanol–water partition coefficient (Wildman–Crippen LogP) is 3.41. The van der Waals surface area contributed by atoms with E-state index in [0.29, 0.717) is 38.1 Å².